The number of aromatic amines is 1. The van der Waals surface area contributed by atoms with E-state index in [1.54, 1.807) is 18.9 Å². The third kappa shape index (κ3) is 4.11. The normalized spacial score (nSPS) is 15.3. The Morgan fingerprint density at radius 3 is 2.67 bits per heavy atom. The van der Waals surface area contributed by atoms with Crippen molar-refractivity contribution in [2.24, 2.45) is 0 Å². The van der Waals surface area contributed by atoms with Crippen molar-refractivity contribution in [2.75, 3.05) is 43.4 Å². The van der Waals surface area contributed by atoms with Gasteiger partial charge in [-0.1, -0.05) is 0 Å². The molecule has 2 N–H and O–H groups in total. The number of furan rings is 1. The van der Waals surface area contributed by atoms with Gasteiger partial charge in [-0.15, -0.1) is 0 Å². The molecule has 1 saturated heterocycles. The second-order valence-electron chi connectivity index (χ2n) is 8.70. The SMILES string of the molecule is CN1CCN(c2nc(NCc3nc4ccc(C(F)(F)F)cc4[nH]3)c3ncn(-c4ccoc4)c3n2)CC1. The number of piperazine rings is 1. The van der Waals surface area contributed by atoms with Gasteiger partial charge in [0.1, 0.15) is 18.4 Å². The standard InChI is InChI=1S/C23H22F3N9O/c1-33-5-7-34(8-6-33)22-31-20(19-21(32-22)35(13-28-19)15-4-9-36-12-15)27-11-18-29-16-3-2-14(23(24,25)26)10-17(16)30-18/h2-4,9-10,12-13H,5-8,11H2,1H3,(H,29,30)(H,27,31,32). The molecule has 0 saturated carbocycles. The van der Waals surface area contributed by atoms with Crippen molar-refractivity contribution in [3.8, 4) is 5.69 Å². The Kier molecular flexibility index (Phi) is 5.29. The van der Waals surface area contributed by atoms with Crippen molar-refractivity contribution in [3.05, 3.63) is 54.5 Å². The number of nitrogens with zero attached hydrogens (tertiary/aromatic N) is 7. The highest BCUT2D eigenvalue weighted by Gasteiger charge is 2.30. The Labute approximate surface area is 202 Å². The number of hydrogen-bond acceptors (Lipinski definition) is 8. The fourth-order valence-electron chi connectivity index (χ4n) is 4.23. The zero-order valence-corrected chi connectivity index (χ0v) is 19.2. The van der Waals surface area contributed by atoms with E-state index in [1.807, 2.05) is 10.6 Å². The number of nitrogens with one attached hydrogen (secondary N) is 2. The summed E-state index contributed by atoms with van der Waals surface area (Å²) in [7, 11) is 2.08. The van der Waals surface area contributed by atoms with E-state index >= 15 is 0 Å². The first kappa shape index (κ1) is 22.3. The average Bonchev–Trinajstić information content (AvgIpc) is 3.60. The quantitative estimate of drug-likeness (QED) is 0.379. The number of halogens is 3. The summed E-state index contributed by atoms with van der Waals surface area (Å²) in [6.45, 7) is 3.57. The van der Waals surface area contributed by atoms with E-state index in [1.165, 1.54) is 6.07 Å². The van der Waals surface area contributed by atoms with Crippen LogP contribution >= 0.6 is 0 Å². The largest absolute Gasteiger partial charge is 0.470 e. The van der Waals surface area contributed by atoms with Gasteiger partial charge < -0.3 is 24.5 Å². The lowest BCUT2D eigenvalue weighted by molar-refractivity contribution is -0.137. The smallest absolute Gasteiger partial charge is 0.416 e. The summed E-state index contributed by atoms with van der Waals surface area (Å²) in [6, 6.07) is 5.26. The number of H-pyrrole nitrogens is 1. The molecule has 1 aliphatic rings. The maximum Gasteiger partial charge on any atom is 0.416 e. The van der Waals surface area contributed by atoms with E-state index in [-0.39, 0.29) is 6.54 Å². The van der Waals surface area contributed by atoms with Crippen LogP contribution in [0, 0.1) is 0 Å². The summed E-state index contributed by atoms with van der Waals surface area (Å²) in [5, 5.41) is 3.25. The van der Waals surface area contributed by atoms with Crippen molar-refractivity contribution >= 4 is 34.0 Å². The topological polar surface area (TPSA) is 104 Å². The number of alkyl halides is 3. The summed E-state index contributed by atoms with van der Waals surface area (Å²) in [4.78, 5) is 25.8. The summed E-state index contributed by atoms with van der Waals surface area (Å²) in [5.74, 6) is 1.56. The molecule has 0 aliphatic carbocycles. The van der Waals surface area contributed by atoms with Crippen LogP contribution in [0.25, 0.3) is 27.9 Å². The molecule has 0 unspecified atom stereocenters. The number of benzene rings is 1. The van der Waals surface area contributed by atoms with E-state index in [0.29, 0.717) is 39.8 Å². The molecule has 13 heteroatoms. The predicted octanol–water partition coefficient (Wildman–Crippen LogP) is 3.67. The minimum atomic E-state index is -4.42. The first-order valence-electron chi connectivity index (χ1n) is 11.4. The second-order valence-corrected chi connectivity index (χ2v) is 8.70. The Balaban J connectivity index is 1.34. The highest BCUT2D eigenvalue weighted by molar-refractivity contribution is 5.85. The molecular formula is C23H22F3N9O. The predicted molar refractivity (Wildman–Crippen MR) is 127 cm³/mol. The number of rotatable bonds is 5. The first-order valence-corrected chi connectivity index (χ1v) is 11.4. The summed E-state index contributed by atoms with van der Waals surface area (Å²) >= 11 is 0. The van der Waals surface area contributed by atoms with Crippen LogP contribution in [0.15, 0.2) is 47.5 Å². The number of imidazole rings is 2. The molecule has 0 bridgehead atoms. The van der Waals surface area contributed by atoms with Crippen molar-refractivity contribution in [2.45, 2.75) is 12.7 Å². The Morgan fingerprint density at radius 1 is 1.08 bits per heavy atom. The van der Waals surface area contributed by atoms with Gasteiger partial charge >= 0.3 is 6.18 Å². The van der Waals surface area contributed by atoms with E-state index in [4.69, 9.17) is 14.4 Å². The van der Waals surface area contributed by atoms with Crippen LogP contribution in [0.4, 0.5) is 24.9 Å². The molecule has 5 heterocycles. The Bertz CT molecular complexity index is 1520. The lowest BCUT2D eigenvalue weighted by atomic mass is 10.2. The summed E-state index contributed by atoms with van der Waals surface area (Å²) < 4.78 is 46.3. The number of anilines is 2. The fourth-order valence-corrected chi connectivity index (χ4v) is 4.23. The van der Waals surface area contributed by atoms with Gasteiger partial charge in [-0.25, -0.2) is 9.97 Å². The van der Waals surface area contributed by atoms with Crippen LogP contribution in [0.5, 0.6) is 0 Å². The molecule has 4 aromatic heterocycles. The maximum atomic E-state index is 13.1. The van der Waals surface area contributed by atoms with Gasteiger partial charge in [-0.3, -0.25) is 4.57 Å². The molecule has 0 amide bonds. The zero-order chi connectivity index (χ0) is 24.9. The summed E-state index contributed by atoms with van der Waals surface area (Å²) in [6.07, 6.45) is 0.422. The molecular weight excluding hydrogens is 475 g/mol. The fraction of sp³-hybridized carbons (Fsp3) is 0.304. The number of hydrogen-bond donors (Lipinski definition) is 2. The van der Waals surface area contributed by atoms with Crippen LogP contribution < -0.4 is 10.2 Å². The molecule has 0 atom stereocenters. The van der Waals surface area contributed by atoms with Gasteiger partial charge in [-0.05, 0) is 25.2 Å². The monoisotopic (exact) mass is 497 g/mol. The molecule has 1 fully saturated rings. The highest BCUT2D eigenvalue weighted by Crippen LogP contribution is 2.31. The Hall–Kier alpha value is -4.13. The van der Waals surface area contributed by atoms with E-state index in [9.17, 15) is 13.2 Å². The van der Waals surface area contributed by atoms with Crippen molar-refractivity contribution in [1.29, 1.82) is 0 Å². The first-order chi connectivity index (χ1) is 17.3. The van der Waals surface area contributed by atoms with E-state index < -0.39 is 11.7 Å². The number of aromatic nitrogens is 6. The van der Waals surface area contributed by atoms with Gasteiger partial charge in [-0.2, -0.15) is 23.1 Å². The Morgan fingerprint density at radius 2 is 1.92 bits per heavy atom. The highest BCUT2D eigenvalue weighted by atomic mass is 19.4. The number of fused-ring (bicyclic) bond motifs is 2. The molecule has 186 valence electrons. The lowest BCUT2D eigenvalue weighted by Crippen LogP contribution is -2.45. The molecule has 6 rings (SSSR count). The van der Waals surface area contributed by atoms with Gasteiger partial charge in [0.05, 0.1) is 35.1 Å². The van der Waals surface area contributed by atoms with Crippen LogP contribution in [0.1, 0.15) is 11.4 Å². The maximum absolute atomic E-state index is 13.1. The van der Waals surface area contributed by atoms with Crippen LogP contribution in [0.2, 0.25) is 0 Å². The minimum absolute atomic E-state index is 0.211. The molecule has 10 nitrogen and oxygen atoms in total. The molecule has 0 radical (unpaired) electrons. The van der Waals surface area contributed by atoms with E-state index in [0.717, 1.165) is 44.0 Å². The molecule has 1 aliphatic heterocycles. The van der Waals surface area contributed by atoms with Crippen molar-refractivity contribution in [3.63, 3.8) is 0 Å². The van der Waals surface area contributed by atoms with Gasteiger partial charge in [0.25, 0.3) is 0 Å². The third-order valence-electron chi connectivity index (χ3n) is 6.24. The van der Waals surface area contributed by atoms with Crippen LogP contribution in [-0.4, -0.2) is 67.6 Å². The van der Waals surface area contributed by atoms with Crippen LogP contribution in [0.3, 0.4) is 0 Å². The summed E-state index contributed by atoms with van der Waals surface area (Å²) in [5.41, 5.74) is 2.00. The average molecular weight is 497 g/mol. The second kappa shape index (κ2) is 8.52. The van der Waals surface area contributed by atoms with Gasteiger partial charge in [0.2, 0.25) is 5.95 Å². The molecule has 1 aromatic carbocycles. The molecule has 36 heavy (non-hydrogen) atoms. The molecule has 0 spiro atoms. The lowest BCUT2D eigenvalue weighted by Gasteiger charge is -2.32. The third-order valence-corrected chi connectivity index (χ3v) is 6.24. The van der Waals surface area contributed by atoms with Crippen LogP contribution in [-0.2, 0) is 12.7 Å². The van der Waals surface area contributed by atoms with E-state index in [2.05, 4.69) is 37.1 Å². The zero-order valence-electron chi connectivity index (χ0n) is 19.2. The van der Waals surface area contributed by atoms with Crippen molar-refractivity contribution < 1.29 is 17.6 Å². The van der Waals surface area contributed by atoms with Crippen molar-refractivity contribution in [1.82, 2.24) is 34.4 Å². The van der Waals surface area contributed by atoms with Gasteiger partial charge in [0.15, 0.2) is 17.0 Å². The number of likely N-dealkylation sites (N-methyl/N-ethyl adjacent to an activating group) is 1. The van der Waals surface area contributed by atoms with Gasteiger partial charge in [0, 0.05) is 32.2 Å². The minimum Gasteiger partial charge on any atom is -0.470 e. The molecule has 5 aromatic rings.